The van der Waals surface area contributed by atoms with Crippen molar-refractivity contribution in [2.75, 3.05) is 26.7 Å². The minimum absolute atomic E-state index is 0.215. The quantitative estimate of drug-likeness (QED) is 0.705. The number of rotatable bonds is 9. The van der Waals surface area contributed by atoms with Crippen LogP contribution in [-0.2, 0) is 0 Å². The second kappa shape index (κ2) is 8.51. The van der Waals surface area contributed by atoms with Gasteiger partial charge in [-0.15, -0.1) is 13.2 Å². The van der Waals surface area contributed by atoms with Crippen LogP contribution < -0.4 is 4.74 Å². The largest absolute Gasteiger partial charge is 0.496 e. The van der Waals surface area contributed by atoms with Crippen molar-refractivity contribution < 1.29 is 14.2 Å². The number of aliphatic hydroxyl groups excluding tert-OH is 1. The van der Waals surface area contributed by atoms with Gasteiger partial charge in [0.1, 0.15) is 11.6 Å². The molecule has 3 nitrogen and oxygen atoms in total. The molecule has 0 saturated carbocycles. The molecule has 0 bridgehead atoms. The normalized spacial score (nSPS) is 12.2. The molecule has 1 atom stereocenters. The molecule has 0 aliphatic carbocycles. The Morgan fingerprint density at radius 2 is 2.00 bits per heavy atom. The summed E-state index contributed by atoms with van der Waals surface area (Å²) in [6, 6.07) is 4.53. The first-order chi connectivity index (χ1) is 9.63. The Morgan fingerprint density at radius 3 is 2.55 bits per heavy atom. The third kappa shape index (κ3) is 4.47. The molecule has 1 rings (SSSR count). The Hall–Kier alpha value is -1.65. The molecule has 110 valence electrons. The molecule has 1 aromatic carbocycles. The van der Waals surface area contributed by atoms with E-state index in [1.807, 2.05) is 0 Å². The van der Waals surface area contributed by atoms with E-state index in [9.17, 15) is 9.50 Å². The van der Waals surface area contributed by atoms with Crippen LogP contribution >= 0.6 is 0 Å². The first kappa shape index (κ1) is 16.4. The van der Waals surface area contributed by atoms with Crippen molar-refractivity contribution >= 4 is 0 Å². The van der Waals surface area contributed by atoms with Crippen LogP contribution in [-0.4, -0.2) is 36.8 Å². The zero-order chi connectivity index (χ0) is 15.0. The average molecular weight is 279 g/mol. The Morgan fingerprint density at radius 1 is 1.35 bits per heavy atom. The highest BCUT2D eigenvalue weighted by Crippen LogP contribution is 2.29. The van der Waals surface area contributed by atoms with Crippen molar-refractivity contribution in [3.05, 3.63) is 54.9 Å². The number of hydrogen-bond donors (Lipinski definition) is 1. The summed E-state index contributed by atoms with van der Waals surface area (Å²) >= 11 is 0. The fraction of sp³-hybridized carbons (Fsp3) is 0.375. The van der Waals surface area contributed by atoms with E-state index in [4.69, 9.17) is 4.74 Å². The molecule has 0 amide bonds. The third-order valence-electron chi connectivity index (χ3n) is 3.06. The molecule has 20 heavy (non-hydrogen) atoms. The SMILES string of the molecule is C=CCN(CC=C)CCC(O)c1c(F)cccc1OC. The topological polar surface area (TPSA) is 32.7 Å². The number of ether oxygens (including phenoxy) is 1. The van der Waals surface area contributed by atoms with Gasteiger partial charge in [-0.05, 0) is 18.6 Å². The Balaban J connectivity index is 2.73. The van der Waals surface area contributed by atoms with Gasteiger partial charge in [-0.1, -0.05) is 18.2 Å². The second-order valence-corrected chi connectivity index (χ2v) is 4.50. The van der Waals surface area contributed by atoms with Gasteiger partial charge in [-0.3, -0.25) is 4.90 Å². The Labute approximate surface area is 120 Å². The highest BCUT2D eigenvalue weighted by atomic mass is 19.1. The minimum atomic E-state index is -0.900. The first-order valence-electron chi connectivity index (χ1n) is 6.58. The lowest BCUT2D eigenvalue weighted by Gasteiger charge is -2.21. The summed E-state index contributed by atoms with van der Waals surface area (Å²) in [7, 11) is 1.47. The van der Waals surface area contributed by atoms with Crippen LogP contribution in [0.3, 0.4) is 0 Å². The van der Waals surface area contributed by atoms with Crippen LogP contribution in [0.4, 0.5) is 4.39 Å². The van der Waals surface area contributed by atoms with Crippen molar-refractivity contribution in [1.29, 1.82) is 0 Å². The molecule has 0 saturated heterocycles. The Kier molecular flexibility index (Phi) is 6.98. The molecule has 0 spiro atoms. The van der Waals surface area contributed by atoms with E-state index in [2.05, 4.69) is 18.1 Å². The zero-order valence-corrected chi connectivity index (χ0v) is 11.9. The van der Waals surface area contributed by atoms with E-state index in [1.165, 1.54) is 13.2 Å². The van der Waals surface area contributed by atoms with Crippen molar-refractivity contribution in [3.8, 4) is 5.75 Å². The van der Waals surface area contributed by atoms with E-state index < -0.39 is 11.9 Å². The maximum atomic E-state index is 13.8. The van der Waals surface area contributed by atoms with Gasteiger partial charge in [0.25, 0.3) is 0 Å². The fourth-order valence-corrected chi connectivity index (χ4v) is 2.09. The summed E-state index contributed by atoms with van der Waals surface area (Å²) in [5.74, 6) is -0.0765. The molecule has 0 aliphatic heterocycles. The van der Waals surface area contributed by atoms with Crippen molar-refractivity contribution in [3.63, 3.8) is 0 Å². The van der Waals surface area contributed by atoms with Crippen LogP contribution in [0.1, 0.15) is 18.1 Å². The van der Waals surface area contributed by atoms with Gasteiger partial charge in [0.15, 0.2) is 0 Å². The van der Waals surface area contributed by atoms with E-state index >= 15 is 0 Å². The van der Waals surface area contributed by atoms with E-state index in [0.29, 0.717) is 31.8 Å². The average Bonchev–Trinajstić information content (AvgIpc) is 2.44. The summed E-state index contributed by atoms with van der Waals surface area (Å²) in [5.41, 5.74) is 0.215. The molecule has 0 aliphatic rings. The van der Waals surface area contributed by atoms with E-state index in [1.54, 1.807) is 24.3 Å². The molecule has 1 aromatic rings. The van der Waals surface area contributed by atoms with Crippen LogP contribution in [0, 0.1) is 5.82 Å². The van der Waals surface area contributed by atoms with Crippen LogP contribution in [0.15, 0.2) is 43.5 Å². The van der Waals surface area contributed by atoms with Gasteiger partial charge in [0.2, 0.25) is 0 Å². The number of benzene rings is 1. The van der Waals surface area contributed by atoms with Crippen molar-refractivity contribution in [2.45, 2.75) is 12.5 Å². The monoisotopic (exact) mass is 279 g/mol. The van der Waals surface area contributed by atoms with Gasteiger partial charge in [0, 0.05) is 19.6 Å². The van der Waals surface area contributed by atoms with Crippen LogP contribution in [0.2, 0.25) is 0 Å². The number of aliphatic hydroxyl groups is 1. The summed E-state index contributed by atoms with van der Waals surface area (Å²) in [6.45, 7) is 9.41. The van der Waals surface area contributed by atoms with Gasteiger partial charge < -0.3 is 9.84 Å². The Bertz CT molecular complexity index is 438. The van der Waals surface area contributed by atoms with Gasteiger partial charge in [0.05, 0.1) is 18.8 Å². The molecular formula is C16H22FNO2. The molecule has 1 unspecified atom stereocenters. The summed E-state index contributed by atoms with van der Waals surface area (Å²) in [6.07, 6.45) is 3.10. The van der Waals surface area contributed by atoms with Gasteiger partial charge >= 0.3 is 0 Å². The highest BCUT2D eigenvalue weighted by molar-refractivity contribution is 5.36. The second-order valence-electron chi connectivity index (χ2n) is 4.50. The summed E-state index contributed by atoms with van der Waals surface area (Å²) in [4.78, 5) is 2.07. The molecular weight excluding hydrogens is 257 g/mol. The van der Waals surface area contributed by atoms with E-state index in [0.717, 1.165) is 0 Å². The number of halogens is 1. The van der Waals surface area contributed by atoms with Crippen LogP contribution in [0.25, 0.3) is 0 Å². The lowest BCUT2D eigenvalue weighted by molar-refractivity contribution is 0.141. The smallest absolute Gasteiger partial charge is 0.132 e. The molecule has 1 N–H and O–H groups in total. The molecule has 0 heterocycles. The predicted octanol–water partition coefficient (Wildman–Crippen LogP) is 2.93. The lowest BCUT2D eigenvalue weighted by Crippen LogP contribution is -2.26. The van der Waals surface area contributed by atoms with E-state index in [-0.39, 0.29) is 5.56 Å². The fourth-order valence-electron chi connectivity index (χ4n) is 2.09. The molecule has 4 heteroatoms. The van der Waals surface area contributed by atoms with Crippen molar-refractivity contribution in [2.24, 2.45) is 0 Å². The minimum Gasteiger partial charge on any atom is -0.496 e. The van der Waals surface area contributed by atoms with Gasteiger partial charge in [-0.2, -0.15) is 0 Å². The summed E-state index contributed by atoms with van der Waals surface area (Å²) < 4.78 is 18.9. The maximum absolute atomic E-state index is 13.8. The maximum Gasteiger partial charge on any atom is 0.132 e. The van der Waals surface area contributed by atoms with Crippen LogP contribution in [0.5, 0.6) is 5.75 Å². The standard InChI is InChI=1S/C16H22FNO2/c1-4-10-18(11-5-2)12-9-14(19)16-13(17)7-6-8-15(16)20-3/h4-8,14,19H,1-2,9-12H2,3H3. The predicted molar refractivity (Wildman–Crippen MR) is 79.4 cm³/mol. The first-order valence-corrected chi connectivity index (χ1v) is 6.58. The zero-order valence-electron chi connectivity index (χ0n) is 11.9. The number of methoxy groups -OCH3 is 1. The molecule has 0 aromatic heterocycles. The van der Waals surface area contributed by atoms with Crippen molar-refractivity contribution in [1.82, 2.24) is 4.90 Å². The number of nitrogens with zero attached hydrogens (tertiary/aromatic N) is 1. The lowest BCUT2D eigenvalue weighted by atomic mass is 10.0. The number of hydrogen-bond acceptors (Lipinski definition) is 3. The molecule has 0 fully saturated rings. The molecule has 0 radical (unpaired) electrons. The van der Waals surface area contributed by atoms with Gasteiger partial charge in [-0.25, -0.2) is 4.39 Å². The third-order valence-corrected chi connectivity index (χ3v) is 3.06. The highest BCUT2D eigenvalue weighted by Gasteiger charge is 2.18. The summed E-state index contributed by atoms with van der Waals surface area (Å²) in [5, 5.41) is 10.2.